The summed E-state index contributed by atoms with van der Waals surface area (Å²) in [4.78, 5) is 38.9. The van der Waals surface area contributed by atoms with Gasteiger partial charge in [0.05, 0.1) is 18.3 Å². The molecule has 8 atom stereocenters. The second-order valence-corrected chi connectivity index (χ2v) is 12.6. The Bertz CT molecular complexity index is 1130. The fourth-order valence-corrected chi connectivity index (χ4v) is 6.31. The van der Waals surface area contributed by atoms with Crippen molar-refractivity contribution in [2.75, 3.05) is 7.11 Å². The van der Waals surface area contributed by atoms with Crippen molar-refractivity contribution in [1.29, 1.82) is 0 Å². The highest BCUT2D eigenvalue weighted by Gasteiger charge is 2.42. The molecule has 3 rings (SSSR count). The van der Waals surface area contributed by atoms with E-state index in [0.717, 1.165) is 37.7 Å². The highest BCUT2D eigenvalue weighted by atomic mass is 16.7. The molecule has 4 N–H and O–H groups in total. The predicted octanol–water partition coefficient (Wildman–Crippen LogP) is 4.69. The lowest BCUT2D eigenvalue weighted by molar-refractivity contribution is -0.261. The quantitative estimate of drug-likeness (QED) is 0.280. The summed E-state index contributed by atoms with van der Waals surface area (Å²) in [5.41, 5.74) is 1.00. The molecule has 10 heteroatoms. The first kappa shape index (κ1) is 36.8. The first-order valence-electron chi connectivity index (χ1n) is 16.5. The maximum atomic E-state index is 13.5. The van der Waals surface area contributed by atoms with E-state index in [-0.39, 0.29) is 73.4 Å². The molecule has 252 valence electrons. The molecule has 3 aliphatic rings. The number of aliphatic hydroxyl groups excluding tert-OH is 3. The minimum atomic E-state index is -0.974. The van der Waals surface area contributed by atoms with Crippen LogP contribution in [0.25, 0.3) is 0 Å². The van der Waals surface area contributed by atoms with E-state index >= 15 is 0 Å². The van der Waals surface area contributed by atoms with Gasteiger partial charge >= 0.3 is 0 Å². The maximum absolute atomic E-state index is 13.5. The normalized spacial score (nSPS) is 32.8. The van der Waals surface area contributed by atoms with Crippen LogP contribution in [0.2, 0.25) is 0 Å². The number of carbonyl (C=O) groups excluding carboxylic acids is 3. The summed E-state index contributed by atoms with van der Waals surface area (Å²) in [6, 6.07) is -0.247. The SMILES string of the molecule is CCCCCCC1CC(=O)CCCC(O)CC(=O)C2=C(O)C(O[C@H]3C[C@H](OC)[C@H](O)[C@@H](C)O3)CC2C=C(C)C=CC=CC(=O)N1. The van der Waals surface area contributed by atoms with Gasteiger partial charge in [0.25, 0.3) is 0 Å². The Morgan fingerprint density at radius 3 is 2.53 bits per heavy atom. The first-order valence-corrected chi connectivity index (χ1v) is 16.5. The van der Waals surface area contributed by atoms with Crippen molar-refractivity contribution in [3.63, 3.8) is 0 Å². The zero-order chi connectivity index (χ0) is 32.9. The van der Waals surface area contributed by atoms with E-state index < -0.39 is 42.7 Å². The average molecular weight is 632 g/mol. The number of nitrogens with one attached hydrogen (secondary N) is 1. The molecule has 0 aromatic heterocycles. The van der Waals surface area contributed by atoms with Crippen molar-refractivity contribution in [2.24, 2.45) is 5.92 Å². The smallest absolute Gasteiger partial charge is 0.244 e. The van der Waals surface area contributed by atoms with Crippen LogP contribution in [-0.2, 0) is 28.6 Å². The Hall–Kier alpha value is -2.63. The lowest BCUT2D eigenvalue weighted by Crippen LogP contribution is -2.49. The van der Waals surface area contributed by atoms with Crippen LogP contribution >= 0.6 is 0 Å². The van der Waals surface area contributed by atoms with E-state index in [9.17, 15) is 29.7 Å². The van der Waals surface area contributed by atoms with Gasteiger partial charge in [-0.3, -0.25) is 14.4 Å². The minimum absolute atomic E-state index is 0.00890. The number of hydrogen-bond donors (Lipinski definition) is 4. The third kappa shape index (κ3) is 11.6. The molecule has 2 heterocycles. The maximum Gasteiger partial charge on any atom is 0.244 e. The fraction of sp³-hybridized carbons (Fsp3) is 0.686. The minimum Gasteiger partial charge on any atom is -0.509 e. The summed E-state index contributed by atoms with van der Waals surface area (Å²) < 4.78 is 17.3. The molecule has 0 saturated carbocycles. The monoisotopic (exact) mass is 631 g/mol. The molecule has 0 radical (unpaired) electrons. The van der Waals surface area contributed by atoms with E-state index in [1.165, 1.54) is 13.2 Å². The highest BCUT2D eigenvalue weighted by Crippen LogP contribution is 2.38. The van der Waals surface area contributed by atoms with Crippen LogP contribution in [0.1, 0.15) is 97.8 Å². The molecule has 4 unspecified atom stereocenters. The van der Waals surface area contributed by atoms with Crippen molar-refractivity contribution < 1.29 is 43.9 Å². The van der Waals surface area contributed by atoms with Crippen LogP contribution in [0.15, 0.2) is 47.3 Å². The molecule has 1 saturated heterocycles. The van der Waals surface area contributed by atoms with Gasteiger partial charge in [-0.1, -0.05) is 62.5 Å². The lowest BCUT2D eigenvalue weighted by atomic mass is 9.92. The molecular formula is C35H53NO9. The molecule has 1 aliphatic carbocycles. The van der Waals surface area contributed by atoms with Crippen molar-refractivity contribution in [3.8, 4) is 0 Å². The zero-order valence-corrected chi connectivity index (χ0v) is 27.3. The van der Waals surface area contributed by atoms with Gasteiger partial charge in [0.15, 0.2) is 12.1 Å². The van der Waals surface area contributed by atoms with Crippen LogP contribution in [0.4, 0.5) is 0 Å². The van der Waals surface area contributed by atoms with E-state index in [2.05, 4.69) is 12.2 Å². The molecule has 10 nitrogen and oxygen atoms in total. The van der Waals surface area contributed by atoms with E-state index in [1.54, 1.807) is 19.1 Å². The number of hydrogen-bond acceptors (Lipinski definition) is 9. The number of fused-ring (bicyclic) bond motifs is 1. The van der Waals surface area contributed by atoms with Crippen LogP contribution in [-0.4, -0.2) is 82.8 Å². The van der Waals surface area contributed by atoms with Gasteiger partial charge in [-0.25, -0.2) is 0 Å². The number of unbranched alkanes of at least 4 members (excludes halogenated alkanes) is 3. The molecule has 1 amide bonds. The number of aliphatic hydroxyl groups is 3. The Morgan fingerprint density at radius 1 is 1.04 bits per heavy atom. The van der Waals surface area contributed by atoms with E-state index in [4.69, 9.17) is 14.2 Å². The number of ketones is 2. The van der Waals surface area contributed by atoms with E-state index in [0.29, 0.717) is 6.42 Å². The average Bonchev–Trinajstić information content (AvgIpc) is 3.28. The molecule has 0 bridgehead atoms. The number of carbonyl (C=O) groups is 3. The van der Waals surface area contributed by atoms with Gasteiger partial charge in [0, 0.05) is 56.4 Å². The molecule has 1 fully saturated rings. The number of allylic oxidation sites excluding steroid dienone is 6. The molecule has 0 aromatic rings. The molecule has 45 heavy (non-hydrogen) atoms. The summed E-state index contributed by atoms with van der Waals surface area (Å²) in [7, 11) is 1.50. The number of rotatable bonds is 8. The van der Waals surface area contributed by atoms with Crippen LogP contribution in [0, 0.1) is 5.92 Å². The standard InChI is InChI=1S/C35H53NO9/c1-5-6-7-8-13-25-19-26(37)14-11-15-27(38)20-28(39)33-24(17-22(2)12-9-10-16-31(40)36-25)18-30(35(33)42)45-32-21-29(43-4)34(41)23(3)44-32/h9-10,12,16-17,23-25,27,29-30,32,34,38,41-42H,5-8,11,13-15,18-21H2,1-4H3,(H,36,40)/t23-,24?,25?,27?,29+,30?,32+,34-/m1/s1. The van der Waals surface area contributed by atoms with Crippen LogP contribution < -0.4 is 5.32 Å². The number of Topliss-reactive ketones (excluding diaryl/α,β-unsaturated/α-hetero) is 2. The molecule has 2 aliphatic heterocycles. The third-order valence-corrected chi connectivity index (χ3v) is 8.81. The zero-order valence-electron chi connectivity index (χ0n) is 27.3. The summed E-state index contributed by atoms with van der Waals surface area (Å²) in [6.45, 7) is 5.72. The number of methoxy groups -OCH3 is 1. The Morgan fingerprint density at radius 2 is 1.80 bits per heavy atom. The second kappa shape index (κ2) is 18.5. The third-order valence-electron chi connectivity index (χ3n) is 8.81. The van der Waals surface area contributed by atoms with Crippen molar-refractivity contribution >= 4 is 17.5 Å². The van der Waals surface area contributed by atoms with Crippen molar-refractivity contribution in [3.05, 3.63) is 47.3 Å². The topological polar surface area (TPSA) is 152 Å². The van der Waals surface area contributed by atoms with Crippen molar-refractivity contribution in [2.45, 2.75) is 141 Å². The summed E-state index contributed by atoms with van der Waals surface area (Å²) in [5.74, 6) is -1.30. The Labute approximate surface area is 267 Å². The second-order valence-electron chi connectivity index (χ2n) is 12.6. The first-order chi connectivity index (χ1) is 21.5. The Balaban J connectivity index is 1.79. The summed E-state index contributed by atoms with van der Waals surface area (Å²) in [5, 5.41) is 35.2. The van der Waals surface area contributed by atoms with Gasteiger partial charge in [0.2, 0.25) is 5.91 Å². The van der Waals surface area contributed by atoms with Crippen LogP contribution in [0.5, 0.6) is 0 Å². The van der Waals surface area contributed by atoms with Gasteiger partial charge in [0.1, 0.15) is 23.8 Å². The van der Waals surface area contributed by atoms with E-state index in [1.807, 2.05) is 19.1 Å². The predicted molar refractivity (Wildman–Crippen MR) is 170 cm³/mol. The largest absolute Gasteiger partial charge is 0.509 e. The highest BCUT2D eigenvalue weighted by molar-refractivity contribution is 5.97. The molecule has 0 aromatic carbocycles. The van der Waals surface area contributed by atoms with Crippen LogP contribution in [0.3, 0.4) is 0 Å². The van der Waals surface area contributed by atoms with Gasteiger partial charge < -0.3 is 34.8 Å². The number of ether oxygens (including phenoxy) is 3. The van der Waals surface area contributed by atoms with Gasteiger partial charge in [-0.15, -0.1) is 0 Å². The lowest BCUT2D eigenvalue weighted by Gasteiger charge is -2.37. The van der Waals surface area contributed by atoms with Gasteiger partial charge in [-0.2, -0.15) is 0 Å². The number of amides is 1. The summed E-state index contributed by atoms with van der Waals surface area (Å²) in [6.07, 6.45) is 10.5. The molecular weight excluding hydrogens is 578 g/mol. The summed E-state index contributed by atoms with van der Waals surface area (Å²) >= 11 is 0. The van der Waals surface area contributed by atoms with Crippen molar-refractivity contribution in [1.82, 2.24) is 5.32 Å². The Kier molecular flexibility index (Phi) is 15.1. The van der Waals surface area contributed by atoms with Gasteiger partial charge in [-0.05, 0) is 39.5 Å². The fourth-order valence-electron chi connectivity index (χ4n) is 6.31. The molecule has 0 spiro atoms.